The molecule has 34 heavy (non-hydrogen) atoms. The highest BCUT2D eigenvalue weighted by molar-refractivity contribution is 7.89. The number of hydrogen-bond acceptors (Lipinski definition) is 6. The summed E-state index contributed by atoms with van der Waals surface area (Å²) in [6, 6.07) is 10.6. The van der Waals surface area contributed by atoms with E-state index in [1.54, 1.807) is 40.7 Å². The van der Waals surface area contributed by atoms with E-state index in [1.807, 2.05) is 0 Å². The molecule has 8 nitrogen and oxygen atoms in total. The molecule has 3 aliphatic rings. The van der Waals surface area contributed by atoms with Crippen LogP contribution in [-0.2, 0) is 16.4 Å². The number of carbonyl (C=O) groups is 2. The van der Waals surface area contributed by atoms with E-state index in [0.717, 1.165) is 18.7 Å². The molecule has 1 saturated carbocycles. The van der Waals surface area contributed by atoms with Crippen molar-refractivity contribution in [3.05, 3.63) is 59.4 Å². The van der Waals surface area contributed by atoms with Gasteiger partial charge in [0, 0.05) is 45.0 Å². The predicted molar refractivity (Wildman–Crippen MR) is 127 cm³/mol. The third-order valence-electron chi connectivity index (χ3n) is 7.28. The first kappa shape index (κ1) is 23.1. The molecule has 2 aliphatic heterocycles. The minimum Gasteiger partial charge on any atom is -0.298 e. The number of piperazine rings is 1. The smallest absolute Gasteiger partial charge is 0.280 e. The number of aromatic nitrogens is 1. The monoisotopic (exact) mass is 482 g/mol. The van der Waals surface area contributed by atoms with Gasteiger partial charge in [-0.1, -0.05) is 31.4 Å². The number of hydrogen-bond donors (Lipinski definition) is 0. The third-order valence-corrected chi connectivity index (χ3v) is 9.19. The van der Waals surface area contributed by atoms with E-state index in [0.29, 0.717) is 31.1 Å². The zero-order chi connectivity index (χ0) is 23.7. The van der Waals surface area contributed by atoms with E-state index in [-0.39, 0.29) is 28.9 Å². The quantitative estimate of drug-likeness (QED) is 0.588. The maximum Gasteiger partial charge on any atom is 0.280 e. The number of carbonyl (C=O) groups excluding carboxylic acids is 2. The molecule has 0 atom stereocenters. The molecule has 5 rings (SSSR count). The van der Waals surface area contributed by atoms with Crippen molar-refractivity contribution in [2.45, 2.75) is 49.5 Å². The van der Waals surface area contributed by atoms with E-state index in [9.17, 15) is 18.0 Å². The summed E-state index contributed by atoms with van der Waals surface area (Å²) in [6.07, 6.45) is 8.28. The summed E-state index contributed by atoms with van der Waals surface area (Å²) in [4.78, 5) is 32.9. The molecule has 1 aromatic carbocycles. The lowest BCUT2D eigenvalue weighted by Gasteiger charge is -2.40. The number of rotatable bonds is 6. The first-order valence-corrected chi connectivity index (χ1v) is 13.5. The van der Waals surface area contributed by atoms with Crippen molar-refractivity contribution >= 4 is 21.8 Å². The Bertz CT molecular complexity index is 1130. The van der Waals surface area contributed by atoms with Gasteiger partial charge in [-0.3, -0.25) is 24.4 Å². The second-order valence-electron chi connectivity index (χ2n) is 9.29. The minimum atomic E-state index is -3.54. The van der Waals surface area contributed by atoms with E-state index < -0.39 is 10.0 Å². The molecule has 2 aromatic rings. The fraction of sp³-hybridized carbons (Fsp3) is 0.480. The highest BCUT2D eigenvalue weighted by atomic mass is 32.2. The van der Waals surface area contributed by atoms with Crippen LogP contribution in [0.15, 0.2) is 47.5 Å². The second kappa shape index (κ2) is 9.56. The molecule has 0 unspecified atom stereocenters. The van der Waals surface area contributed by atoms with Gasteiger partial charge in [-0.25, -0.2) is 8.42 Å². The lowest BCUT2D eigenvalue weighted by molar-refractivity contribution is 0.0654. The Labute approximate surface area is 200 Å². The Balaban J connectivity index is 1.18. The Morgan fingerprint density at radius 2 is 1.59 bits per heavy atom. The van der Waals surface area contributed by atoms with Crippen molar-refractivity contribution in [2.75, 3.05) is 32.7 Å². The van der Waals surface area contributed by atoms with Crippen LogP contribution in [0.4, 0.5) is 0 Å². The Hall–Kier alpha value is -2.62. The van der Waals surface area contributed by atoms with Gasteiger partial charge in [0.05, 0.1) is 10.5 Å². The van der Waals surface area contributed by atoms with Gasteiger partial charge in [0.25, 0.3) is 11.8 Å². The molecule has 9 heteroatoms. The summed E-state index contributed by atoms with van der Waals surface area (Å²) >= 11 is 0. The first-order valence-electron chi connectivity index (χ1n) is 12.1. The zero-order valence-electron chi connectivity index (χ0n) is 19.2. The number of imide groups is 1. The second-order valence-corrected chi connectivity index (χ2v) is 11.2. The molecule has 1 aliphatic carbocycles. The van der Waals surface area contributed by atoms with Crippen molar-refractivity contribution in [2.24, 2.45) is 0 Å². The Morgan fingerprint density at radius 3 is 2.26 bits per heavy atom. The fourth-order valence-corrected chi connectivity index (χ4v) is 6.71. The number of amides is 2. The molecular formula is C25H30N4O4S. The standard InChI is InChI=1S/C25H30N4O4S/c30-24-22-7-4-13-26-23(22)25(31)29(24)14-12-19-8-10-21(11-9-19)34(32,33)28-17-15-27(16-18-28)20-5-2-1-3-6-20/h4,7-11,13,20H,1-3,5-6,12,14-18H2. The largest absolute Gasteiger partial charge is 0.298 e. The Kier molecular flexibility index (Phi) is 6.50. The van der Waals surface area contributed by atoms with Gasteiger partial charge in [-0.05, 0) is 49.1 Å². The maximum absolute atomic E-state index is 13.2. The van der Waals surface area contributed by atoms with E-state index in [2.05, 4.69) is 9.88 Å². The number of pyridine rings is 1. The van der Waals surface area contributed by atoms with E-state index in [4.69, 9.17) is 0 Å². The molecule has 0 N–H and O–H groups in total. The highest BCUT2D eigenvalue weighted by Gasteiger charge is 2.36. The fourth-order valence-electron chi connectivity index (χ4n) is 5.29. The molecule has 180 valence electrons. The topological polar surface area (TPSA) is 90.9 Å². The number of fused-ring (bicyclic) bond motifs is 1. The summed E-state index contributed by atoms with van der Waals surface area (Å²) in [5.41, 5.74) is 1.39. The normalized spacial score (nSPS) is 20.6. The summed E-state index contributed by atoms with van der Waals surface area (Å²) in [5, 5.41) is 0. The first-order chi connectivity index (χ1) is 16.4. The van der Waals surface area contributed by atoms with Crippen molar-refractivity contribution in [3.63, 3.8) is 0 Å². The van der Waals surface area contributed by atoms with Gasteiger partial charge >= 0.3 is 0 Å². The van der Waals surface area contributed by atoms with Crippen LogP contribution in [0.5, 0.6) is 0 Å². The van der Waals surface area contributed by atoms with Gasteiger partial charge in [0.1, 0.15) is 5.69 Å². The summed E-state index contributed by atoms with van der Waals surface area (Å²) in [6.45, 7) is 2.85. The van der Waals surface area contributed by atoms with Crippen LogP contribution in [0, 0.1) is 0 Å². The molecule has 0 spiro atoms. The van der Waals surface area contributed by atoms with Crippen LogP contribution in [0.1, 0.15) is 58.5 Å². The summed E-state index contributed by atoms with van der Waals surface area (Å²) in [7, 11) is -3.54. The van der Waals surface area contributed by atoms with Crippen molar-refractivity contribution in [1.82, 2.24) is 19.1 Å². The molecule has 2 amide bonds. The van der Waals surface area contributed by atoms with Crippen LogP contribution in [0.25, 0.3) is 0 Å². The van der Waals surface area contributed by atoms with Crippen molar-refractivity contribution < 1.29 is 18.0 Å². The van der Waals surface area contributed by atoms with Crippen molar-refractivity contribution in [3.8, 4) is 0 Å². The van der Waals surface area contributed by atoms with E-state index >= 15 is 0 Å². The average molecular weight is 483 g/mol. The number of benzene rings is 1. The van der Waals surface area contributed by atoms with Gasteiger partial charge in [0.2, 0.25) is 10.0 Å². The summed E-state index contributed by atoms with van der Waals surface area (Å²) in [5.74, 6) is -0.716. The van der Waals surface area contributed by atoms with E-state index in [1.165, 1.54) is 43.2 Å². The maximum atomic E-state index is 13.2. The van der Waals surface area contributed by atoms with Gasteiger partial charge in [-0.2, -0.15) is 4.31 Å². The average Bonchev–Trinajstić information content (AvgIpc) is 3.13. The van der Waals surface area contributed by atoms with Gasteiger partial charge in [0.15, 0.2) is 0 Å². The molecule has 1 aromatic heterocycles. The van der Waals surface area contributed by atoms with Crippen LogP contribution >= 0.6 is 0 Å². The minimum absolute atomic E-state index is 0.192. The molecule has 2 fully saturated rings. The third kappa shape index (κ3) is 4.39. The van der Waals surface area contributed by atoms with Crippen LogP contribution in [0.3, 0.4) is 0 Å². The Morgan fingerprint density at radius 1 is 0.882 bits per heavy atom. The SMILES string of the molecule is O=C1c2cccnc2C(=O)N1CCc1ccc(S(=O)(=O)N2CCN(C3CCCCC3)CC2)cc1. The molecule has 0 radical (unpaired) electrons. The lowest BCUT2D eigenvalue weighted by atomic mass is 9.94. The predicted octanol–water partition coefficient (Wildman–Crippen LogP) is 2.56. The molecule has 1 saturated heterocycles. The van der Waals surface area contributed by atoms with Crippen LogP contribution in [0.2, 0.25) is 0 Å². The summed E-state index contributed by atoms with van der Waals surface area (Å²) < 4.78 is 27.9. The van der Waals surface area contributed by atoms with Gasteiger partial charge < -0.3 is 0 Å². The lowest BCUT2D eigenvalue weighted by Crippen LogP contribution is -2.52. The van der Waals surface area contributed by atoms with Crippen LogP contribution < -0.4 is 0 Å². The van der Waals surface area contributed by atoms with Crippen LogP contribution in [-0.4, -0.2) is 78.1 Å². The molecule has 0 bridgehead atoms. The molecular weight excluding hydrogens is 452 g/mol. The number of nitrogens with zero attached hydrogens (tertiary/aromatic N) is 4. The van der Waals surface area contributed by atoms with Crippen molar-refractivity contribution in [1.29, 1.82) is 0 Å². The zero-order valence-corrected chi connectivity index (χ0v) is 20.0. The van der Waals surface area contributed by atoms with Gasteiger partial charge in [-0.15, -0.1) is 0 Å². The highest BCUT2D eigenvalue weighted by Crippen LogP contribution is 2.26. The molecule has 3 heterocycles. The number of sulfonamides is 1.